The summed E-state index contributed by atoms with van der Waals surface area (Å²) < 4.78 is 0. The number of carbonyl (C=O) groups is 1. The van der Waals surface area contributed by atoms with Gasteiger partial charge in [-0.3, -0.25) is 0 Å². The lowest BCUT2D eigenvalue weighted by Crippen LogP contribution is -2.16. The van der Waals surface area contributed by atoms with Crippen LogP contribution >= 0.6 is 0 Å². The van der Waals surface area contributed by atoms with E-state index in [1.807, 2.05) is 6.07 Å². The summed E-state index contributed by atoms with van der Waals surface area (Å²) in [6.07, 6.45) is 14.9. The number of carboxylic acid groups (broad SMARTS) is 1. The molecular formula is C29H40O2. The van der Waals surface area contributed by atoms with Crippen molar-refractivity contribution in [1.82, 2.24) is 0 Å². The fourth-order valence-corrected chi connectivity index (χ4v) is 5.37. The molecule has 0 heterocycles. The lowest BCUT2D eigenvalue weighted by molar-refractivity contribution is 0.0694. The fourth-order valence-electron chi connectivity index (χ4n) is 5.37. The number of hydrogen-bond acceptors (Lipinski definition) is 1. The van der Waals surface area contributed by atoms with Crippen molar-refractivity contribution in [1.29, 1.82) is 0 Å². The third kappa shape index (κ3) is 6.45. The van der Waals surface area contributed by atoms with E-state index < -0.39 is 5.97 Å². The summed E-state index contributed by atoms with van der Waals surface area (Å²) in [5.74, 6) is 0.378. The predicted molar refractivity (Wildman–Crippen MR) is 131 cm³/mol. The first-order valence-corrected chi connectivity index (χ1v) is 12.6. The van der Waals surface area contributed by atoms with Crippen LogP contribution in [0.1, 0.15) is 112 Å². The first kappa shape index (κ1) is 23.6. The van der Waals surface area contributed by atoms with Crippen LogP contribution in [0.15, 0.2) is 42.5 Å². The third-order valence-corrected chi connectivity index (χ3v) is 7.12. The Bertz CT molecular complexity index is 813. The van der Waals surface area contributed by atoms with Crippen LogP contribution in [0.5, 0.6) is 0 Å². The van der Waals surface area contributed by atoms with Crippen molar-refractivity contribution in [3.05, 3.63) is 59.2 Å². The van der Waals surface area contributed by atoms with E-state index in [2.05, 4.69) is 44.2 Å². The Kier molecular flexibility index (Phi) is 9.18. The predicted octanol–water partition coefficient (Wildman–Crippen LogP) is 8.64. The number of carboxylic acids is 1. The third-order valence-electron chi connectivity index (χ3n) is 7.12. The largest absolute Gasteiger partial charge is 0.478 e. The minimum absolute atomic E-state index is 0.355. The Morgan fingerprint density at radius 3 is 2.23 bits per heavy atom. The number of rotatable bonds is 11. The summed E-state index contributed by atoms with van der Waals surface area (Å²) >= 11 is 0. The van der Waals surface area contributed by atoms with Crippen LogP contribution in [0.3, 0.4) is 0 Å². The standard InChI is InChI=1S/C29H40O2/c1-3-5-6-7-8-11-23-14-18-24(19-15-23)26-12-9-13-27(29(30)31)28(26)25-20-16-22(10-4-2)17-21-25/h9,12-15,18-19,22,25H,3-8,10-11,16-17,20-21H2,1-2H3,(H,30,31). The van der Waals surface area contributed by atoms with Gasteiger partial charge in [-0.2, -0.15) is 0 Å². The van der Waals surface area contributed by atoms with Crippen LogP contribution < -0.4 is 0 Å². The summed E-state index contributed by atoms with van der Waals surface area (Å²) in [5.41, 5.74) is 5.22. The first-order valence-electron chi connectivity index (χ1n) is 12.6. The molecule has 0 aliphatic heterocycles. The molecule has 1 aliphatic rings. The molecule has 3 rings (SSSR count). The average Bonchev–Trinajstić information content (AvgIpc) is 2.79. The number of aromatic carboxylic acids is 1. The van der Waals surface area contributed by atoms with E-state index in [9.17, 15) is 9.90 Å². The van der Waals surface area contributed by atoms with Crippen molar-refractivity contribution in [3.63, 3.8) is 0 Å². The van der Waals surface area contributed by atoms with E-state index in [-0.39, 0.29) is 0 Å². The van der Waals surface area contributed by atoms with Crippen LogP contribution in [0.4, 0.5) is 0 Å². The van der Waals surface area contributed by atoms with Crippen molar-refractivity contribution >= 4 is 5.97 Å². The maximum Gasteiger partial charge on any atom is 0.335 e. The molecule has 0 spiro atoms. The van der Waals surface area contributed by atoms with Gasteiger partial charge in [0, 0.05) is 0 Å². The number of hydrogen-bond donors (Lipinski definition) is 1. The lowest BCUT2D eigenvalue weighted by Gasteiger charge is -2.31. The maximum absolute atomic E-state index is 12.1. The number of aryl methyl sites for hydroxylation is 1. The van der Waals surface area contributed by atoms with Crippen LogP contribution in [0.25, 0.3) is 11.1 Å². The summed E-state index contributed by atoms with van der Waals surface area (Å²) in [6.45, 7) is 4.52. The van der Waals surface area contributed by atoms with E-state index in [0.717, 1.165) is 41.9 Å². The van der Waals surface area contributed by atoms with Crippen LogP contribution in [0.2, 0.25) is 0 Å². The van der Waals surface area contributed by atoms with Gasteiger partial charge in [-0.1, -0.05) is 88.8 Å². The molecule has 2 aromatic carbocycles. The first-order chi connectivity index (χ1) is 15.1. The van der Waals surface area contributed by atoms with Gasteiger partial charge in [-0.25, -0.2) is 4.79 Å². The summed E-state index contributed by atoms with van der Waals surface area (Å²) in [7, 11) is 0. The summed E-state index contributed by atoms with van der Waals surface area (Å²) in [5, 5.41) is 9.91. The van der Waals surface area contributed by atoms with Crippen LogP contribution in [0, 0.1) is 5.92 Å². The average molecular weight is 421 g/mol. The van der Waals surface area contributed by atoms with E-state index in [4.69, 9.17) is 0 Å². The zero-order chi connectivity index (χ0) is 22.1. The highest BCUT2D eigenvalue weighted by Gasteiger charge is 2.27. The Balaban J connectivity index is 1.78. The van der Waals surface area contributed by atoms with E-state index in [1.165, 1.54) is 63.4 Å². The zero-order valence-electron chi connectivity index (χ0n) is 19.5. The Labute approximate surface area is 189 Å². The quantitative estimate of drug-likeness (QED) is 0.369. The fraction of sp³-hybridized carbons (Fsp3) is 0.552. The van der Waals surface area contributed by atoms with Gasteiger partial charge < -0.3 is 5.11 Å². The normalized spacial score (nSPS) is 18.8. The SMILES string of the molecule is CCCCCCCc1ccc(-c2cccc(C(=O)O)c2C2CCC(CCC)CC2)cc1. The van der Waals surface area contributed by atoms with Gasteiger partial charge in [0.05, 0.1) is 5.56 Å². The van der Waals surface area contributed by atoms with Gasteiger partial charge in [0.1, 0.15) is 0 Å². The second kappa shape index (κ2) is 12.1. The molecule has 0 bridgehead atoms. The monoisotopic (exact) mass is 420 g/mol. The molecule has 0 aromatic heterocycles. The van der Waals surface area contributed by atoms with Gasteiger partial charge in [0.15, 0.2) is 0 Å². The molecule has 31 heavy (non-hydrogen) atoms. The van der Waals surface area contributed by atoms with E-state index >= 15 is 0 Å². The Hall–Kier alpha value is -2.09. The molecule has 2 nitrogen and oxygen atoms in total. The molecule has 1 N–H and O–H groups in total. The van der Waals surface area contributed by atoms with Gasteiger partial charge in [0.25, 0.3) is 0 Å². The van der Waals surface area contributed by atoms with Crippen molar-refractivity contribution < 1.29 is 9.90 Å². The molecule has 1 fully saturated rings. The molecule has 1 saturated carbocycles. The van der Waals surface area contributed by atoms with E-state index in [0.29, 0.717) is 11.5 Å². The van der Waals surface area contributed by atoms with E-state index in [1.54, 1.807) is 6.07 Å². The topological polar surface area (TPSA) is 37.3 Å². The Morgan fingerprint density at radius 2 is 1.58 bits per heavy atom. The van der Waals surface area contributed by atoms with Gasteiger partial charge in [-0.15, -0.1) is 0 Å². The van der Waals surface area contributed by atoms with Crippen molar-refractivity contribution in [2.24, 2.45) is 5.92 Å². The Morgan fingerprint density at radius 1 is 0.871 bits per heavy atom. The van der Waals surface area contributed by atoms with Crippen molar-refractivity contribution in [3.8, 4) is 11.1 Å². The molecule has 168 valence electrons. The number of benzene rings is 2. The molecule has 0 atom stereocenters. The van der Waals surface area contributed by atoms with Gasteiger partial charge in [-0.05, 0) is 78.7 Å². The molecule has 0 amide bonds. The minimum atomic E-state index is -0.795. The summed E-state index contributed by atoms with van der Waals surface area (Å²) in [6, 6.07) is 14.7. The molecule has 2 heteroatoms. The maximum atomic E-state index is 12.1. The minimum Gasteiger partial charge on any atom is -0.478 e. The smallest absolute Gasteiger partial charge is 0.335 e. The van der Waals surface area contributed by atoms with Gasteiger partial charge >= 0.3 is 5.97 Å². The van der Waals surface area contributed by atoms with Gasteiger partial charge in [0.2, 0.25) is 0 Å². The second-order valence-corrected chi connectivity index (χ2v) is 9.44. The second-order valence-electron chi connectivity index (χ2n) is 9.44. The van der Waals surface area contributed by atoms with Crippen molar-refractivity contribution in [2.45, 2.75) is 96.8 Å². The van der Waals surface area contributed by atoms with Crippen molar-refractivity contribution in [2.75, 3.05) is 0 Å². The molecule has 0 unspecified atom stereocenters. The molecule has 0 saturated heterocycles. The number of unbranched alkanes of at least 4 members (excludes halogenated alkanes) is 4. The highest BCUT2D eigenvalue weighted by molar-refractivity contribution is 5.92. The highest BCUT2D eigenvalue weighted by Crippen LogP contribution is 2.42. The molecular weight excluding hydrogens is 380 g/mol. The molecule has 2 aromatic rings. The van der Waals surface area contributed by atoms with Crippen LogP contribution in [-0.2, 0) is 6.42 Å². The molecule has 0 radical (unpaired) electrons. The highest BCUT2D eigenvalue weighted by atomic mass is 16.4. The summed E-state index contributed by atoms with van der Waals surface area (Å²) in [4.78, 5) is 12.1. The lowest BCUT2D eigenvalue weighted by atomic mass is 9.74. The molecule has 1 aliphatic carbocycles. The zero-order valence-corrected chi connectivity index (χ0v) is 19.5. The van der Waals surface area contributed by atoms with Crippen LogP contribution in [-0.4, -0.2) is 11.1 Å².